The lowest BCUT2D eigenvalue weighted by Crippen LogP contribution is -2.29. The van der Waals surface area contributed by atoms with Crippen LogP contribution in [0.1, 0.15) is 50.2 Å². The number of carbonyl (C=O) groups excluding carboxylic acids is 1. The van der Waals surface area contributed by atoms with Crippen LogP contribution < -0.4 is 4.74 Å². The first-order chi connectivity index (χ1) is 17.0. The number of aromatic nitrogens is 2. The van der Waals surface area contributed by atoms with E-state index in [1.165, 1.54) is 31.0 Å². The van der Waals surface area contributed by atoms with Crippen molar-refractivity contribution in [1.29, 1.82) is 0 Å². The van der Waals surface area contributed by atoms with Gasteiger partial charge in [-0.05, 0) is 55.3 Å². The van der Waals surface area contributed by atoms with Crippen LogP contribution in [-0.4, -0.2) is 38.6 Å². The summed E-state index contributed by atoms with van der Waals surface area (Å²) in [5.74, 6) is 0.817. The Morgan fingerprint density at radius 1 is 1.09 bits per heavy atom. The number of rotatable bonds is 10. The Kier molecular flexibility index (Phi) is 8.42. The maximum Gasteiger partial charge on any atom is 0.266 e. The van der Waals surface area contributed by atoms with Crippen molar-refractivity contribution in [2.45, 2.75) is 46.0 Å². The number of benzene rings is 2. The molecule has 2 heterocycles. The number of hydrogen-bond donors (Lipinski definition) is 0. The molecule has 1 fully saturated rings. The molecule has 4 rings (SSSR count). The van der Waals surface area contributed by atoms with Gasteiger partial charge in [-0.2, -0.15) is 5.10 Å². The van der Waals surface area contributed by atoms with Crippen molar-refractivity contribution in [3.05, 3.63) is 70.8 Å². The summed E-state index contributed by atoms with van der Waals surface area (Å²) in [5, 5.41) is 4.89. The van der Waals surface area contributed by atoms with Crippen LogP contribution >= 0.6 is 24.0 Å². The van der Waals surface area contributed by atoms with E-state index in [1.807, 2.05) is 66.3 Å². The number of hydrogen-bond acceptors (Lipinski definition) is 5. The maximum absolute atomic E-state index is 13.2. The molecule has 1 aliphatic heterocycles. The molecular formula is C28H31N3O2S2. The van der Waals surface area contributed by atoms with Crippen molar-refractivity contribution < 1.29 is 9.53 Å². The minimum atomic E-state index is -0.0141. The van der Waals surface area contributed by atoms with E-state index in [9.17, 15) is 4.79 Å². The topological polar surface area (TPSA) is 47.4 Å². The largest absolute Gasteiger partial charge is 0.496 e. The van der Waals surface area contributed by atoms with Crippen LogP contribution in [-0.2, 0) is 4.79 Å². The van der Waals surface area contributed by atoms with E-state index < -0.39 is 0 Å². The van der Waals surface area contributed by atoms with Crippen molar-refractivity contribution in [2.24, 2.45) is 0 Å². The standard InChI is InChI=1S/C28H31N3O2S2/c1-4-5-6-7-11-16-30-27(32)25(35-28(30)34)18-22-19-31(23-12-9-8-10-13-23)29-26(22)21-14-15-24(33-3)20(2)17-21/h8-10,12-15,17-19H,4-7,11,16H2,1-3H3/b25-18+. The zero-order valence-electron chi connectivity index (χ0n) is 20.5. The van der Waals surface area contributed by atoms with Crippen LogP contribution in [0.2, 0.25) is 0 Å². The Balaban J connectivity index is 1.65. The molecule has 3 aromatic rings. The fourth-order valence-corrected chi connectivity index (χ4v) is 5.46. The van der Waals surface area contributed by atoms with Gasteiger partial charge in [0.1, 0.15) is 15.8 Å². The molecule has 1 aliphatic rings. The average molecular weight is 506 g/mol. The third kappa shape index (κ3) is 5.85. The molecule has 0 N–H and O–H groups in total. The molecule has 35 heavy (non-hydrogen) atoms. The predicted octanol–water partition coefficient (Wildman–Crippen LogP) is 7.03. The SMILES string of the molecule is CCCCCCCN1C(=O)/C(=C\c2cn(-c3ccccc3)nc2-c2ccc(OC)c(C)c2)SC1=S. The maximum atomic E-state index is 13.2. The van der Waals surface area contributed by atoms with E-state index in [1.54, 1.807) is 12.0 Å². The molecule has 1 amide bonds. The van der Waals surface area contributed by atoms with Gasteiger partial charge in [0.05, 0.1) is 17.7 Å². The minimum absolute atomic E-state index is 0.0141. The normalized spacial score (nSPS) is 14.8. The monoisotopic (exact) mass is 505 g/mol. The summed E-state index contributed by atoms with van der Waals surface area (Å²) in [6.45, 7) is 4.90. The van der Waals surface area contributed by atoms with Crippen molar-refractivity contribution in [3.8, 4) is 22.7 Å². The molecule has 1 saturated heterocycles. The second kappa shape index (κ2) is 11.7. The van der Waals surface area contributed by atoms with E-state index in [-0.39, 0.29) is 5.91 Å². The number of nitrogens with zero attached hydrogens (tertiary/aromatic N) is 3. The summed E-state index contributed by atoms with van der Waals surface area (Å²) in [7, 11) is 1.67. The van der Waals surface area contributed by atoms with E-state index in [0.29, 0.717) is 15.8 Å². The van der Waals surface area contributed by atoms with Crippen molar-refractivity contribution >= 4 is 40.3 Å². The van der Waals surface area contributed by atoms with E-state index in [0.717, 1.165) is 46.7 Å². The Morgan fingerprint density at radius 3 is 2.57 bits per heavy atom. The molecule has 7 heteroatoms. The van der Waals surface area contributed by atoms with Gasteiger partial charge in [-0.1, -0.05) is 74.8 Å². The van der Waals surface area contributed by atoms with E-state index >= 15 is 0 Å². The lowest BCUT2D eigenvalue weighted by Gasteiger charge is -2.13. The van der Waals surface area contributed by atoms with Crippen molar-refractivity contribution in [2.75, 3.05) is 13.7 Å². The van der Waals surface area contributed by atoms with Crippen molar-refractivity contribution in [1.82, 2.24) is 14.7 Å². The summed E-state index contributed by atoms with van der Waals surface area (Å²) in [4.78, 5) is 15.6. The summed E-state index contributed by atoms with van der Waals surface area (Å²) in [6.07, 6.45) is 9.63. The molecule has 0 bridgehead atoms. The van der Waals surface area contributed by atoms with Gasteiger partial charge >= 0.3 is 0 Å². The molecule has 5 nitrogen and oxygen atoms in total. The fourth-order valence-electron chi connectivity index (χ4n) is 4.16. The number of carbonyl (C=O) groups is 1. The summed E-state index contributed by atoms with van der Waals surface area (Å²) >= 11 is 6.93. The summed E-state index contributed by atoms with van der Waals surface area (Å²) in [5.41, 5.74) is 4.64. The van der Waals surface area contributed by atoms with E-state index in [2.05, 4.69) is 13.0 Å². The molecule has 2 aromatic carbocycles. The fraction of sp³-hybridized carbons (Fsp3) is 0.321. The lowest BCUT2D eigenvalue weighted by molar-refractivity contribution is -0.122. The Morgan fingerprint density at radius 2 is 1.86 bits per heavy atom. The van der Waals surface area contributed by atoms with Crippen LogP contribution in [0.4, 0.5) is 0 Å². The van der Waals surface area contributed by atoms with Crippen LogP contribution in [0, 0.1) is 6.92 Å². The number of aryl methyl sites for hydroxylation is 1. The van der Waals surface area contributed by atoms with Crippen LogP contribution in [0.15, 0.2) is 59.6 Å². The molecule has 1 aromatic heterocycles. The van der Waals surface area contributed by atoms with Gasteiger partial charge in [-0.3, -0.25) is 9.69 Å². The Hall–Kier alpha value is -2.90. The molecule has 0 saturated carbocycles. The molecule has 0 spiro atoms. The quantitative estimate of drug-likeness (QED) is 0.168. The van der Waals surface area contributed by atoms with Gasteiger partial charge in [0.25, 0.3) is 5.91 Å². The number of unbranched alkanes of at least 4 members (excludes halogenated alkanes) is 4. The van der Waals surface area contributed by atoms with E-state index in [4.69, 9.17) is 22.1 Å². The minimum Gasteiger partial charge on any atom is -0.496 e. The van der Waals surface area contributed by atoms with Gasteiger partial charge in [0, 0.05) is 23.9 Å². The van der Waals surface area contributed by atoms with Crippen LogP contribution in [0.25, 0.3) is 23.0 Å². The summed E-state index contributed by atoms with van der Waals surface area (Å²) < 4.78 is 7.92. The molecular weight excluding hydrogens is 474 g/mol. The number of ether oxygens (including phenoxy) is 1. The summed E-state index contributed by atoms with van der Waals surface area (Å²) in [6, 6.07) is 16.0. The third-order valence-corrected chi connectivity index (χ3v) is 7.45. The highest BCUT2D eigenvalue weighted by Crippen LogP contribution is 2.36. The second-order valence-electron chi connectivity index (χ2n) is 8.65. The van der Waals surface area contributed by atoms with Gasteiger partial charge in [0.2, 0.25) is 0 Å². The van der Waals surface area contributed by atoms with Crippen LogP contribution in [0.3, 0.4) is 0 Å². The number of thiocarbonyl (C=S) groups is 1. The zero-order chi connectivity index (χ0) is 24.8. The highest BCUT2D eigenvalue weighted by Gasteiger charge is 2.32. The first-order valence-electron chi connectivity index (χ1n) is 12.1. The van der Waals surface area contributed by atoms with Crippen molar-refractivity contribution in [3.63, 3.8) is 0 Å². The molecule has 0 atom stereocenters. The van der Waals surface area contributed by atoms with Gasteiger partial charge < -0.3 is 4.74 Å². The van der Waals surface area contributed by atoms with Gasteiger partial charge in [-0.25, -0.2) is 4.68 Å². The third-order valence-electron chi connectivity index (χ3n) is 6.08. The zero-order valence-corrected chi connectivity index (χ0v) is 22.1. The van der Waals surface area contributed by atoms with Crippen LogP contribution in [0.5, 0.6) is 5.75 Å². The first kappa shape index (κ1) is 25.2. The molecule has 0 aliphatic carbocycles. The Labute approximate surface area is 217 Å². The molecule has 182 valence electrons. The highest BCUT2D eigenvalue weighted by atomic mass is 32.2. The average Bonchev–Trinajstić information content (AvgIpc) is 3.40. The second-order valence-corrected chi connectivity index (χ2v) is 10.3. The smallest absolute Gasteiger partial charge is 0.266 e. The molecule has 0 radical (unpaired) electrons. The highest BCUT2D eigenvalue weighted by molar-refractivity contribution is 8.26. The lowest BCUT2D eigenvalue weighted by atomic mass is 10.0. The Bertz CT molecular complexity index is 1230. The predicted molar refractivity (Wildman–Crippen MR) is 149 cm³/mol. The molecule has 0 unspecified atom stereocenters. The number of methoxy groups -OCH3 is 1. The number of para-hydroxylation sites is 1. The number of amides is 1. The van der Waals surface area contributed by atoms with Gasteiger partial charge in [-0.15, -0.1) is 0 Å². The first-order valence-corrected chi connectivity index (χ1v) is 13.3. The number of thioether (sulfide) groups is 1. The van der Waals surface area contributed by atoms with Gasteiger partial charge in [0.15, 0.2) is 0 Å².